The first-order valence-electron chi connectivity index (χ1n) is 12.9. The molecular formula is C27H46O. The van der Waals surface area contributed by atoms with Gasteiger partial charge in [0.25, 0.3) is 0 Å². The predicted molar refractivity (Wildman–Crippen MR) is 118 cm³/mol. The Morgan fingerprint density at radius 2 is 1.64 bits per heavy atom. The fourth-order valence-electron chi connectivity index (χ4n) is 9.30. The van der Waals surface area contributed by atoms with E-state index < -0.39 is 0 Å². The molecule has 0 N–H and O–H groups in total. The van der Waals surface area contributed by atoms with E-state index in [1.165, 1.54) is 70.6 Å². The third-order valence-corrected chi connectivity index (χ3v) is 10.9. The van der Waals surface area contributed by atoms with Crippen LogP contribution in [0.1, 0.15) is 111 Å². The summed E-state index contributed by atoms with van der Waals surface area (Å²) in [6.07, 6.45) is 20.0. The Bertz CT molecular complexity index is 554. The van der Waals surface area contributed by atoms with Crippen LogP contribution in [-0.4, -0.2) is 6.29 Å². The molecule has 0 spiro atoms. The minimum absolute atomic E-state index is 0.251. The van der Waals surface area contributed by atoms with Crippen molar-refractivity contribution < 1.29 is 4.79 Å². The van der Waals surface area contributed by atoms with Gasteiger partial charge in [0.1, 0.15) is 6.29 Å². The fraction of sp³-hybridized carbons (Fsp3) is 0.963. The van der Waals surface area contributed by atoms with Gasteiger partial charge in [0.2, 0.25) is 0 Å². The van der Waals surface area contributed by atoms with E-state index in [9.17, 15) is 4.79 Å². The minimum atomic E-state index is 0.251. The molecular weight excluding hydrogens is 340 g/mol. The van der Waals surface area contributed by atoms with Gasteiger partial charge in [-0.15, -0.1) is 0 Å². The Hall–Kier alpha value is -0.330. The van der Waals surface area contributed by atoms with Crippen LogP contribution in [0.15, 0.2) is 0 Å². The molecule has 4 saturated carbocycles. The lowest BCUT2D eigenvalue weighted by Crippen LogP contribution is -2.53. The topological polar surface area (TPSA) is 17.1 Å². The Morgan fingerprint density at radius 3 is 2.43 bits per heavy atom. The molecule has 0 aromatic heterocycles. The van der Waals surface area contributed by atoms with Crippen molar-refractivity contribution in [2.24, 2.45) is 52.3 Å². The fourth-order valence-corrected chi connectivity index (χ4v) is 9.30. The van der Waals surface area contributed by atoms with E-state index in [2.05, 4.69) is 27.7 Å². The third-order valence-electron chi connectivity index (χ3n) is 10.9. The summed E-state index contributed by atoms with van der Waals surface area (Å²) >= 11 is 0. The molecule has 1 nitrogen and oxygen atoms in total. The first-order valence-corrected chi connectivity index (χ1v) is 12.9. The van der Waals surface area contributed by atoms with Gasteiger partial charge in [-0.2, -0.15) is 0 Å². The monoisotopic (exact) mass is 386 g/mol. The summed E-state index contributed by atoms with van der Waals surface area (Å²) in [6.45, 7) is 10.0. The number of carbonyl (C=O) groups excluding carboxylic acids is 1. The van der Waals surface area contributed by atoms with Gasteiger partial charge in [-0.3, -0.25) is 0 Å². The first kappa shape index (κ1) is 20.9. The lowest BCUT2D eigenvalue weighted by atomic mass is 9.44. The second-order valence-electron chi connectivity index (χ2n) is 12.2. The van der Waals surface area contributed by atoms with Gasteiger partial charge >= 0.3 is 0 Å². The van der Waals surface area contributed by atoms with Gasteiger partial charge in [-0.1, -0.05) is 53.4 Å². The van der Waals surface area contributed by atoms with Crippen molar-refractivity contribution in [3.8, 4) is 0 Å². The van der Waals surface area contributed by atoms with Crippen LogP contribution in [0.3, 0.4) is 0 Å². The van der Waals surface area contributed by atoms with Crippen molar-refractivity contribution in [3.63, 3.8) is 0 Å². The highest BCUT2D eigenvalue weighted by molar-refractivity contribution is 5.52. The highest BCUT2D eigenvalue weighted by Gasteiger charge is 2.59. The Kier molecular flexibility index (Phi) is 6.03. The van der Waals surface area contributed by atoms with Crippen LogP contribution < -0.4 is 0 Å². The second-order valence-corrected chi connectivity index (χ2v) is 12.2. The van der Waals surface area contributed by atoms with Gasteiger partial charge in [0.05, 0.1) is 0 Å². The number of fused-ring (bicyclic) bond motifs is 5. The van der Waals surface area contributed by atoms with Gasteiger partial charge in [0.15, 0.2) is 0 Å². The van der Waals surface area contributed by atoms with Crippen LogP contribution in [-0.2, 0) is 4.79 Å². The summed E-state index contributed by atoms with van der Waals surface area (Å²) in [5.74, 6) is 6.14. The van der Waals surface area contributed by atoms with Gasteiger partial charge < -0.3 is 4.79 Å². The largest absolute Gasteiger partial charge is 0.303 e. The van der Waals surface area contributed by atoms with E-state index >= 15 is 0 Å². The molecule has 0 bridgehead atoms. The van der Waals surface area contributed by atoms with Crippen molar-refractivity contribution in [2.45, 2.75) is 111 Å². The molecule has 0 aromatic carbocycles. The maximum atomic E-state index is 10.9. The van der Waals surface area contributed by atoms with Crippen molar-refractivity contribution >= 4 is 6.29 Å². The molecule has 1 unspecified atom stereocenters. The molecule has 4 aliphatic rings. The van der Waals surface area contributed by atoms with Crippen LogP contribution >= 0.6 is 0 Å². The number of hydrogen-bond donors (Lipinski definition) is 0. The molecule has 0 saturated heterocycles. The standard InChI is InChI=1S/C27H46O/c1-19(18-28)8-7-9-20(2)23-13-14-24-22-12-11-21-10-5-6-16-26(21,3)25(22)15-17-27(23,24)4/h18-25H,5-17H2,1-4H3/t19?,20-,21+,22+,23-,24+,25+,26+,27-/m1/s1. The highest BCUT2D eigenvalue weighted by Crippen LogP contribution is 2.68. The molecule has 0 aromatic rings. The van der Waals surface area contributed by atoms with E-state index in [0.717, 1.165) is 48.2 Å². The number of aldehydes is 1. The SMILES string of the molecule is CC(C=O)CCC[C@@H](C)[C@H]1CC[C@H]2[C@@H]3CC[C@@H]4CCCC[C@]4(C)[C@H]3CC[C@]12C. The minimum Gasteiger partial charge on any atom is -0.303 e. The number of rotatable bonds is 6. The zero-order valence-electron chi connectivity index (χ0n) is 19.2. The molecule has 1 heteroatoms. The summed E-state index contributed by atoms with van der Waals surface area (Å²) in [5, 5.41) is 0. The van der Waals surface area contributed by atoms with Gasteiger partial charge in [-0.05, 0) is 104 Å². The summed E-state index contributed by atoms with van der Waals surface area (Å²) in [5.41, 5.74) is 1.28. The number of carbonyl (C=O) groups is 1. The van der Waals surface area contributed by atoms with Gasteiger partial charge in [0, 0.05) is 5.92 Å². The molecule has 28 heavy (non-hydrogen) atoms. The normalized spacial score (nSPS) is 47.5. The molecule has 0 radical (unpaired) electrons. The molecule has 9 atom stereocenters. The summed E-state index contributed by atoms with van der Waals surface area (Å²) < 4.78 is 0. The van der Waals surface area contributed by atoms with Crippen molar-refractivity contribution in [2.75, 3.05) is 0 Å². The summed E-state index contributed by atoms with van der Waals surface area (Å²) in [4.78, 5) is 10.9. The van der Waals surface area contributed by atoms with Crippen LogP contribution in [0.4, 0.5) is 0 Å². The first-order chi connectivity index (χ1) is 13.4. The Balaban J connectivity index is 1.44. The van der Waals surface area contributed by atoms with E-state index in [0.29, 0.717) is 10.8 Å². The molecule has 0 heterocycles. The maximum Gasteiger partial charge on any atom is 0.122 e. The van der Waals surface area contributed by atoms with Crippen molar-refractivity contribution in [1.82, 2.24) is 0 Å². The van der Waals surface area contributed by atoms with E-state index in [1.54, 1.807) is 6.42 Å². The van der Waals surface area contributed by atoms with Crippen LogP contribution in [0, 0.1) is 52.3 Å². The van der Waals surface area contributed by atoms with Crippen LogP contribution in [0.5, 0.6) is 0 Å². The van der Waals surface area contributed by atoms with Crippen LogP contribution in [0.25, 0.3) is 0 Å². The maximum absolute atomic E-state index is 10.9. The molecule has 0 aliphatic heterocycles. The highest BCUT2D eigenvalue weighted by atomic mass is 16.1. The van der Waals surface area contributed by atoms with E-state index in [-0.39, 0.29) is 5.92 Å². The van der Waals surface area contributed by atoms with Crippen LogP contribution in [0.2, 0.25) is 0 Å². The summed E-state index contributed by atoms with van der Waals surface area (Å²) in [7, 11) is 0. The predicted octanol–water partition coefficient (Wildman–Crippen LogP) is 7.68. The lowest BCUT2D eigenvalue weighted by molar-refractivity contribution is -0.114. The average molecular weight is 387 g/mol. The van der Waals surface area contributed by atoms with E-state index in [4.69, 9.17) is 0 Å². The average Bonchev–Trinajstić information content (AvgIpc) is 3.04. The third kappa shape index (κ3) is 3.41. The zero-order valence-corrected chi connectivity index (χ0v) is 19.2. The Labute approximate surface area is 174 Å². The molecule has 4 fully saturated rings. The van der Waals surface area contributed by atoms with E-state index in [1.807, 2.05) is 0 Å². The Morgan fingerprint density at radius 1 is 0.857 bits per heavy atom. The summed E-state index contributed by atoms with van der Waals surface area (Å²) in [6, 6.07) is 0. The molecule has 160 valence electrons. The number of hydrogen-bond acceptors (Lipinski definition) is 1. The lowest BCUT2D eigenvalue weighted by Gasteiger charge is -2.61. The van der Waals surface area contributed by atoms with Crippen molar-refractivity contribution in [1.29, 1.82) is 0 Å². The van der Waals surface area contributed by atoms with Crippen molar-refractivity contribution in [3.05, 3.63) is 0 Å². The second kappa shape index (κ2) is 8.07. The zero-order chi connectivity index (χ0) is 19.9. The van der Waals surface area contributed by atoms with Gasteiger partial charge in [-0.25, -0.2) is 0 Å². The quantitative estimate of drug-likeness (QED) is 0.428. The smallest absolute Gasteiger partial charge is 0.122 e. The molecule has 4 rings (SSSR count). The molecule has 4 aliphatic carbocycles. The molecule has 0 amide bonds.